The van der Waals surface area contributed by atoms with Crippen molar-refractivity contribution in [3.8, 4) is 0 Å². The number of hydrogen-bond acceptors (Lipinski definition) is 2. The molecule has 0 spiro atoms. The highest BCUT2D eigenvalue weighted by Gasteiger charge is 2.19. The summed E-state index contributed by atoms with van der Waals surface area (Å²) in [6.07, 6.45) is 2.99. The van der Waals surface area contributed by atoms with Gasteiger partial charge in [0, 0.05) is 12.3 Å². The van der Waals surface area contributed by atoms with E-state index in [1.165, 1.54) is 39.1 Å². The molecule has 0 saturated carbocycles. The summed E-state index contributed by atoms with van der Waals surface area (Å²) in [7, 11) is 0. The zero-order valence-electron chi connectivity index (χ0n) is 12.9. The minimum Gasteiger partial charge on any atom is -0.469 e. The Hall–Kier alpha value is -0.840. The number of quaternary nitrogens is 2. The molecule has 0 bridgehead atoms. The van der Waals surface area contributed by atoms with Gasteiger partial charge in [-0.25, -0.2) is 0 Å². The fourth-order valence-corrected chi connectivity index (χ4v) is 2.96. The van der Waals surface area contributed by atoms with E-state index in [9.17, 15) is 0 Å². The van der Waals surface area contributed by atoms with Crippen LogP contribution in [-0.4, -0.2) is 45.9 Å². The van der Waals surface area contributed by atoms with E-state index in [1.807, 2.05) is 6.07 Å². The lowest BCUT2D eigenvalue weighted by Gasteiger charge is -2.23. The average molecular weight is 282 g/mol. The van der Waals surface area contributed by atoms with E-state index in [0.29, 0.717) is 11.8 Å². The quantitative estimate of drug-likeness (QED) is 0.653. The largest absolute Gasteiger partial charge is 0.469 e. The number of furan rings is 1. The van der Waals surface area contributed by atoms with E-state index in [2.05, 4.69) is 25.2 Å². The molecule has 2 heterocycles. The summed E-state index contributed by atoms with van der Waals surface area (Å²) in [6, 6.07) is 4.11. The third kappa shape index (κ3) is 4.93. The predicted octanol–water partition coefficient (Wildman–Crippen LogP) is -0.112. The molecule has 4 nitrogen and oxygen atoms in total. The Bertz CT molecular complexity index is 345. The van der Waals surface area contributed by atoms with Crippen LogP contribution in [0.15, 0.2) is 22.8 Å². The van der Waals surface area contributed by atoms with Crippen LogP contribution in [0.25, 0.3) is 0 Å². The molecule has 4 heteroatoms. The second-order valence-corrected chi connectivity index (χ2v) is 6.13. The third-order valence-electron chi connectivity index (χ3n) is 4.30. The van der Waals surface area contributed by atoms with E-state index in [4.69, 9.17) is 9.15 Å². The number of ether oxygens (including phenoxy) is 1. The molecular weight excluding hydrogens is 252 g/mol. The van der Waals surface area contributed by atoms with E-state index in [0.717, 1.165) is 19.0 Å². The fourth-order valence-electron chi connectivity index (χ4n) is 2.96. The van der Waals surface area contributed by atoms with Crippen LogP contribution in [0.5, 0.6) is 0 Å². The maximum atomic E-state index is 5.58. The van der Waals surface area contributed by atoms with Gasteiger partial charge in [0.15, 0.2) is 0 Å². The van der Waals surface area contributed by atoms with Crippen molar-refractivity contribution in [2.75, 3.05) is 45.9 Å². The average Bonchev–Trinajstić information content (AvgIpc) is 2.97. The van der Waals surface area contributed by atoms with Crippen molar-refractivity contribution >= 4 is 0 Å². The van der Waals surface area contributed by atoms with Crippen molar-refractivity contribution in [1.82, 2.24) is 0 Å². The highest BCUT2D eigenvalue weighted by Crippen LogP contribution is 2.27. The smallest absolute Gasteiger partial charge is 0.127 e. The molecule has 0 aliphatic carbocycles. The molecule has 2 rings (SSSR count). The van der Waals surface area contributed by atoms with Crippen molar-refractivity contribution in [2.24, 2.45) is 5.92 Å². The zero-order valence-corrected chi connectivity index (χ0v) is 12.9. The molecule has 114 valence electrons. The predicted molar refractivity (Wildman–Crippen MR) is 78.9 cm³/mol. The molecule has 1 aliphatic rings. The SMILES string of the molecule is CC(C)[C@H](CC[NH2+]CC[NH+]1CCOCC1)c1ccco1. The van der Waals surface area contributed by atoms with Crippen LogP contribution in [0.2, 0.25) is 0 Å². The number of morpholine rings is 1. The summed E-state index contributed by atoms with van der Waals surface area (Å²) in [5.74, 6) is 2.34. The summed E-state index contributed by atoms with van der Waals surface area (Å²) in [6.45, 7) is 12.5. The molecule has 3 N–H and O–H groups in total. The number of rotatable bonds is 8. The fraction of sp³-hybridized carbons (Fsp3) is 0.750. The van der Waals surface area contributed by atoms with Crippen LogP contribution in [-0.2, 0) is 4.74 Å². The van der Waals surface area contributed by atoms with E-state index in [1.54, 1.807) is 11.2 Å². The summed E-state index contributed by atoms with van der Waals surface area (Å²) in [5, 5.41) is 2.46. The first-order valence-corrected chi connectivity index (χ1v) is 8.03. The lowest BCUT2D eigenvalue weighted by Crippen LogP contribution is -3.16. The highest BCUT2D eigenvalue weighted by molar-refractivity contribution is 5.05. The van der Waals surface area contributed by atoms with Gasteiger partial charge in [0.05, 0.1) is 26.0 Å². The molecule has 0 aromatic carbocycles. The van der Waals surface area contributed by atoms with Crippen molar-refractivity contribution in [3.63, 3.8) is 0 Å². The monoisotopic (exact) mass is 282 g/mol. The maximum absolute atomic E-state index is 5.58. The lowest BCUT2D eigenvalue weighted by atomic mass is 9.90. The zero-order chi connectivity index (χ0) is 14.2. The van der Waals surface area contributed by atoms with Gasteiger partial charge in [-0.3, -0.25) is 0 Å². The topological polar surface area (TPSA) is 43.4 Å². The molecule has 1 fully saturated rings. The first-order valence-electron chi connectivity index (χ1n) is 8.03. The molecule has 1 aromatic rings. The normalized spacial score (nSPS) is 18.6. The summed E-state index contributed by atoms with van der Waals surface area (Å²) in [5.41, 5.74) is 0. The Morgan fingerprint density at radius 3 is 2.70 bits per heavy atom. The highest BCUT2D eigenvalue weighted by atomic mass is 16.5. The Balaban J connectivity index is 1.61. The second kappa shape index (κ2) is 8.45. The first-order chi connectivity index (χ1) is 9.77. The van der Waals surface area contributed by atoms with E-state index < -0.39 is 0 Å². The Morgan fingerprint density at radius 2 is 2.05 bits per heavy atom. The van der Waals surface area contributed by atoms with Crippen LogP contribution in [0.1, 0.15) is 31.9 Å². The molecule has 1 atom stereocenters. The molecule has 0 radical (unpaired) electrons. The van der Waals surface area contributed by atoms with Gasteiger partial charge in [-0.05, 0) is 18.1 Å². The summed E-state index contributed by atoms with van der Waals surface area (Å²) < 4.78 is 11.0. The van der Waals surface area contributed by atoms with Crippen molar-refractivity contribution in [2.45, 2.75) is 26.2 Å². The van der Waals surface area contributed by atoms with Gasteiger partial charge < -0.3 is 19.4 Å². The number of nitrogens with one attached hydrogen (secondary N) is 1. The molecular formula is C16H30N2O2+2. The van der Waals surface area contributed by atoms with Gasteiger partial charge in [0.25, 0.3) is 0 Å². The number of hydrogen-bond donors (Lipinski definition) is 2. The van der Waals surface area contributed by atoms with E-state index >= 15 is 0 Å². The molecule has 1 saturated heterocycles. The van der Waals surface area contributed by atoms with Crippen LogP contribution in [0.4, 0.5) is 0 Å². The molecule has 1 aromatic heterocycles. The van der Waals surface area contributed by atoms with Crippen molar-refractivity contribution in [3.05, 3.63) is 24.2 Å². The van der Waals surface area contributed by atoms with Gasteiger partial charge in [-0.1, -0.05) is 13.8 Å². The maximum Gasteiger partial charge on any atom is 0.127 e. The molecule has 0 amide bonds. The summed E-state index contributed by atoms with van der Waals surface area (Å²) >= 11 is 0. The van der Waals surface area contributed by atoms with Crippen LogP contribution in [0.3, 0.4) is 0 Å². The summed E-state index contributed by atoms with van der Waals surface area (Å²) in [4.78, 5) is 1.69. The third-order valence-corrected chi connectivity index (χ3v) is 4.30. The molecule has 0 unspecified atom stereocenters. The molecule has 1 aliphatic heterocycles. The lowest BCUT2D eigenvalue weighted by molar-refractivity contribution is -0.919. The number of nitrogens with two attached hydrogens (primary N) is 1. The van der Waals surface area contributed by atoms with Gasteiger partial charge >= 0.3 is 0 Å². The van der Waals surface area contributed by atoms with Crippen LogP contribution in [0, 0.1) is 5.92 Å². The Labute approximate surface area is 122 Å². The first kappa shape index (κ1) is 15.5. The Morgan fingerprint density at radius 1 is 1.25 bits per heavy atom. The minimum absolute atomic E-state index is 0.553. The van der Waals surface area contributed by atoms with E-state index in [-0.39, 0.29) is 0 Å². The van der Waals surface area contributed by atoms with Crippen LogP contribution >= 0.6 is 0 Å². The van der Waals surface area contributed by atoms with Gasteiger partial charge in [0.2, 0.25) is 0 Å². The minimum atomic E-state index is 0.553. The second-order valence-electron chi connectivity index (χ2n) is 6.13. The standard InChI is InChI=1S/C16H28N2O2/c1-14(2)15(16-4-3-11-20-16)5-6-17-7-8-18-9-12-19-13-10-18/h3-4,11,14-15,17H,5-10,12-13H2,1-2H3/p+2/t15-/m0/s1. The van der Waals surface area contributed by atoms with Gasteiger partial charge in [-0.2, -0.15) is 0 Å². The van der Waals surface area contributed by atoms with Crippen molar-refractivity contribution < 1.29 is 19.4 Å². The molecule has 20 heavy (non-hydrogen) atoms. The van der Waals surface area contributed by atoms with Crippen LogP contribution < -0.4 is 10.2 Å². The van der Waals surface area contributed by atoms with Crippen molar-refractivity contribution in [1.29, 1.82) is 0 Å². The van der Waals surface area contributed by atoms with Gasteiger partial charge in [0.1, 0.15) is 31.9 Å². The Kier molecular flexibility index (Phi) is 6.57. The van der Waals surface area contributed by atoms with Gasteiger partial charge in [-0.15, -0.1) is 0 Å².